The highest BCUT2D eigenvalue weighted by Gasteiger charge is 2.36. The van der Waals surface area contributed by atoms with E-state index < -0.39 is 17.6 Å². The monoisotopic (exact) mass is 368 g/mol. The second kappa shape index (κ2) is 6.63. The highest BCUT2D eigenvalue weighted by Crippen LogP contribution is 2.34. The minimum Gasteiger partial charge on any atom is -0.467 e. The lowest BCUT2D eigenvalue weighted by Crippen LogP contribution is -2.30. The number of esters is 1. The number of carbonyl (C=O) groups is 1. The Morgan fingerprint density at radius 3 is 2.89 bits per heavy atom. The Bertz CT molecular complexity index is 1050. The van der Waals surface area contributed by atoms with Crippen LogP contribution in [0.5, 0.6) is 0 Å². The van der Waals surface area contributed by atoms with Gasteiger partial charge in [0, 0.05) is 23.9 Å². The van der Waals surface area contributed by atoms with Gasteiger partial charge in [0.05, 0.1) is 13.3 Å². The van der Waals surface area contributed by atoms with Gasteiger partial charge >= 0.3 is 5.97 Å². The summed E-state index contributed by atoms with van der Waals surface area (Å²) in [4.78, 5) is 37.4. The van der Waals surface area contributed by atoms with E-state index in [-0.39, 0.29) is 23.4 Å². The Labute approximate surface area is 153 Å². The first kappa shape index (κ1) is 16.9. The molecule has 4 rings (SSSR count). The molecule has 0 aliphatic carbocycles. The molecule has 10 nitrogen and oxygen atoms in total. The Morgan fingerprint density at radius 1 is 1.37 bits per heavy atom. The van der Waals surface area contributed by atoms with E-state index in [4.69, 9.17) is 9.26 Å². The molecule has 2 atom stereocenters. The summed E-state index contributed by atoms with van der Waals surface area (Å²) in [7, 11) is 1.30. The Morgan fingerprint density at radius 2 is 2.15 bits per heavy atom. The van der Waals surface area contributed by atoms with Crippen molar-refractivity contribution in [1.82, 2.24) is 24.7 Å². The molecule has 1 N–H and O–H groups in total. The molecule has 0 spiro atoms. The number of anilines is 2. The molecule has 0 aromatic carbocycles. The number of aromatic nitrogens is 5. The summed E-state index contributed by atoms with van der Waals surface area (Å²) < 4.78 is 11.4. The highest BCUT2D eigenvalue weighted by molar-refractivity contribution is 5.75. The van der Waals surface area contributed by atoms with Crippen LogP contribution in [0.3, 0.4) is 0 Å². The summed E-state index contributed by atoms with van der Waals surface area (Å²) in [6.45, 7) is 1.91. The molecule has 3 aromatic heterocycles. The third kappa shape index (κ3) is 2.94. The van der Waals surface area contributed by atoms with Gasteiger partial charge in [-0.05, 0) is 23.7 Å². The molecule has 0 saturated carbocycles. The predicted octanol–water partition coefficient (Wildman–Crippen LogP) is 1.65. The number of rotatable bonds is 4. The number of fused-ring (bicyclic) bond motifs is 1. The summed E-state index contributed by atoms with van der Waals surface area (Å²) in [5, 5.41) is 6.63. The van der Waals surface area contributed by atoms with Crippen molar-refractivity contribution < 1.29 is 14.1 Å². The second-order valence-corrected chi connectivity index (χ2v) is 6.16. The zero-order chi connectivity index (χ0) is 19.0. The van der Waals surface area contributed by atoms with Gasteiger partial charge in [-0.15, -0.1) is 0 Å². The van der Waals surface area contributed by atoms with Crippen LogP contribution in [0.15, 0.2) is 40.0 Å². The quantitative estimate of drug-likeness (QED) is 0.684. The molecular formula is C17H16N6O4. The fourth-order valence-corrected chi connectivity index (χ4v) is 3.12. The van der Waals surface area contributed by atoms with Gasteiger partial charge in [0.25, 0.3) is 17.4 Å². The molecule has 0 fully saturated rings. The van der Waals surface area contributed by atoms with E-state index in [2.05, 4.69) is 25.4 Å². The first-order chi connectivity index (χ1) is 13.1. The first-order valence-electron chi connectivity index (χ1n) is 8.29. The Kier molecular flexibility index (Phi) is 4.15. The third-order valence-electron chi connectivity index (χ3n) is 4.42. The molecule has 3 aromatic rings. The zero-order valence-electron chi connectivity index (χ0n) is 14.6. The predicted molar refractivity (Wildman–Crippen MR) is 93.4 cm³/mol. The lowest BCUT2D eigenvalue weighted by molar-refractivity contribution is -0.144. The lowest BCUT2D eigenvalue weighted by atomic mass is 10.1. The summed E-state index contributed by atoms with van der Waals surface area (Å²) in [5.41, 5.74) is 0.452. The second-order valence-electron chi connectivity index (χ2n) is 6.16. The average Bonchev–Trinajstić information content (AvgIpc) is 3.29. The van der Waals surface area contributed by atoms with E-state index in [1.165, 1.54) is 17.9 Å². The molecule has 138 valence electrons. The number of hydrogen-bond acceptors (Lipinski definition) is 9. The molecule has 1 aliphatic rings. The van der Waals surface area contributed by atoms with Gasteiger partial charge in [0.15, 0.2) is 0 Å². The topological polar surface area (TPSA) is 125 Å². The zero-order valence-corrected chi connectivity index (χ0v) is 14.6. The number of nitrogens with zero attached hydrogens (tertiary/aromatic N) is 5. The normalized spacial score (nSPS) is 18.1. The van der Waals surface area contributed by atoms with Gasteiger partial charge in [-0.1, -0.05) is 6.92 Å². The summed E-state index contributed by atoms with van der Waals surface area (Å²) in [6, 6.07) is 2.76. The maximum absolute atomic E-state index is 12.9. The maximum Gasteiger partial charge on any atom is 0.329 e. The van der Waals surface area contributed by atoms with E-state index in [0.29, 0.717) is 17.8 Å². The molecule has 27 heavy (non-hydrogen) atoms. The van der Waals surface area contributed by atoms with Crippen molar-refractivity contribution in [3.63, 3.8) is 0 Å². The van der Waals surface area contributed by atoms with Crippen molar-refractivity contribution in [2.75, 3.05) is 12.4 Å². The van der Waals surface area contributed by atoms with E-state index in [0.717, 1.165) is 0 Å². The van der Waals surface area contributed by atoms with Crippen LogP contribution in [0, 0.1) is 0 Å². The van der Waals surface area contributed by atoms with Gasteiger partial charge in [-0.3, -0.25) is 14.3 Å². The number of ether oxygens (including phenoxy) is 1. The van der Waals surface area contributed by atoms with Crippen LogP contribution < -0.4 is 10.9 Å². The van der Waals surface area contributed by atoms with Gasteiger partial charge < -0.3 is 14.6 Å². The van der Waals surface area contributed by atoms with Crippen LogP contribution in [0.25, 0.3) is 11.5 Å². The van der Waals surface area contributed by atoms with E-state index >= 15 is 0 Å². The molecule has 4 heterocycles. The van der Waals surface area contributed by atoms with Crippen molar-refractivity contribution in [3.05, 3.63) is 46.9 Å². The minimum atomic E-state index is -0.695. The molecule has 0 bridgehead atoms. The van der Waals surface area contributed by atoms with E-state index in [1.54, 1.807) is 24.5 Å². The van der Waals surface area contributed by atoms with E-state index in [1.807, 2.05) is 6.92 Å². The van der Waals surface area contributed by atoms with Crippen LogP contribution in [0.4, 0.5) is 11.6 Å². The number of nitrogens with one attached hydrogen (secondary N) is 1. The van der Waals surface area contributed by atoms with Crippen LogP contribution >= 0.6 is 0 Å². The summed E-state index contributed by atoms with van der Waals surface area (Å²) >= 11 is 0. The Balaban J connectivity index is 1.66. The molecule has 10 heteroatoms. The Hall–Kier alpha value is -3.56. The minimum absolute atomic E-state index is 0.0284. The summed E-state index contributed by atoms with van der Waals surface area (Å²) in [6.07, 6.45) is 5.09. The number of methoxy groups -OCH3 is 1. The van der Waals surface area contributed by atoms with Crippen LogP contribution in [0.1, 0.15) is 31.1 Å². The van der Waals surface area contributed by atoms with Crippen molar-refractivity contribution in [2.24, 2.45) is 0 Å². The van der Waals surface area contributed by atoms with Gasteiger partial charge in [-0.25, -0.2) is 9.78 Å². The van der Waals surface area contributed by atoms with Crippen molar-refractivity contribution in [2.45, 2.75) is 25.3 Å². The molecule has 0 radical (unpaired) electrons. The smallest absolute Gasteiger partial charge is 0.329 e. The number of hydrogen-bond donors (Lipinski definition) is 1. The van der Waals surface area contributed by atoms with Gasteiger partial charge in [-0.2, -0.15) is 4.98 Å². The molecule has 1 aliphatic heterocycles. The maximum atomic E-state index is 12.9. The first-order valence-corrected chi connectivity index (χ1v) is 8.29. The lowest BCUT2D eigenvalue weighted by Gasteiger charge is -2.12. The fraction of sp³-hybridized carbons (Fsp3) is 0.294. The third-order valence-corrected chi connectivity index (χ3v) is 4.42. The largest absolute Gasteiger partial charge is 0.467 e. The molecule has 0 saturated heterocycles. The van der Waals surface area contributed by atoms with Crippen molar-refractivity contribution in [1.29, 1.82) is 0 Å². The molecular weight excluding hydrogens is 352 g/mol. The van der Waals surface area contributed by atoms with Crippen molar-refractivity contribution in [3.8, 4) is 11.5 Å². The van der Waals surface area contributed by atoms with Crippen LogP contribution in [0.2, 0.25) is 0 Å². The number of pyridine rings is 1. The molecule has 0 unspecified atom stereocenters. The summed E-state index contributed by atoms with van der Waals surface area (Å²) in [5.74, 6) is 0.448. The SMILES string of the molecule is COC(=O)[C@@H]1C[C@@H](C)c2ncc(Nc3noc(-c4ccncc4)n3)c(=O)n21. The van der Waals surface area contributed by atoms with Gasteiger partial charge in [0.1, 0.15) is 17.6 Å². The number of carbonyl (C=O) groups excluding carboxylic acids is 1. The van der Waals surface area contributed by atoms with Crippen LogP contribution in [-0.4, -0.2) is 37.8 Å². The van der Waals surface area contributed by atoms with Crippen LogP contribution in [-0.2, 0) is 9.53 Å². The van der Waals surface area contributed by atoms with Gasteiger partial charge in [0.2, 0.25) is 0 Å². The van der Waals surface area contributed by atoms with Crippen molar-refractivity contribution >= 4 is 17.6 Å². The van der Waals surface area contributed by atoms with E-state index in [9.17, 15) is 9.59 Å². The average molecular weight is 368 g/mol. The highest BCUT2D eigenvalue weighted by atomic mass is 16.5. The molecule has 0 amide bonds. The fourth-order valence-electron chi connectivity index (χ4n) is 3.12. The standard InChI is InChI=1S/C17H16N6O4/c1-9-7-12(16(25)26-2)23-13(9)19-8-11(15(23)24)20-17-21-14(27-22-17)10-3-5-18-6-4-10/h3-6,8-9,12H,7H2,1-2H3,(H,20,22)/t9-,12+/m1/s1.